The molecule has 1 unspecified atom stereocenters. The number of benzene rings is 1. The number of hydrogen-bond acceptors (Lipinski definition) is 1. The summed E-state index contributed by atoms with van der Waals surface area (Å²) in [7, 11) is 0. The van der Waals surface area contributed by atoms with Crippen molar-refractivity contribution in [1.29, 1.82) is 0 Å². The zero-order valence-corrected chi connectivity index (χ0v) is 7.79. The highest BCUT2D eigenvalue weighted by Gasteiger charge is 2.32. The third-order valence-electron chi connectivity index (χ3n) is 3.27. The molecule has 0 radical (unpaired) electrons. The second-order valence-electron chi connectivity index (χ2n) is 4.28. The van der Waals surface area contributed by atoms with Crippen LogP contribution in [0.2, 0.25) is 0 Å². The molecule has 1 nitrogen and oxygen atoms in total. The Hall–Kier alpha value is -0.980. The van der Waals surface area contributed by atoms with Crippen LogP contribution >= 0.6 is 0 Å². The molecule has 0 spiro atoms. The normalized spacial score (nSPS) is 26.3. The Balaban J connectivity index is 1.85. The highest BCUT2D eigenvalue weighted by atomic mass is 14.9. The highest BCUT2D eigenvalue weighted by Crippen LogP contribution is 2.38. The van der Waals surface area contributed by atoms with Crippen molar-refractivity contribution >= 4 is 5.69 Å². The zero-order valence-electron chi connectivity index (χ0n) is 7.79. The predicted octanol–water partition coefficient (Wildman–Crippen LogP) is 2.82. The average Bonchev–Trinajstić information content (AvgIpc) is 3.00. The van der Waals surface area contributed by atoms with Gasteiger partial charge in [0.25, 0.3) is 0 Å². The van der Waals surface area contributed by atoms with Gasteiger partial charge < -0.3 is 5.32 Å². The predicted molar refractivity (Wildman–Crippen MR) is 54.9 cm³/mol. The van der Waals surface area contributed by atoms with Gasteiger partial charge in [0.05, 0.1) is 0 Å². The van der Waals surface area contributed by atoms with Gasteiger partial charge in [0, 0.05) is 11.7 Å². The maximum absolute atomic E-state index is 3.66. The topological polar surface area (TPSA) is 12.0 Å². The van der Waals surface area contributed by atoms with E-state index in [1.807, 2.05) is 0 Å². The standard InChI is InChI=1S/C12H15N/c1-2-4-11-9(3-1)7-8-12(13-11)10-5-6-10/h1-4,10,12-13H,5-8H2. The van der Waals surface area contributed by atoms with Gasteiger partial charge in [0.1, 0.15) is 0 Å². The number of rotatable bonds is 1. The van der Waals surface area contributed by atoms with E-state index in [9.17, 15) is 0 Å². The summed E-state index contributed by atoms with van der Waals surface area (Å²) in [6.45, 7) is 0. The van der Waals surface area contributed by atoms with Crippen LogP contribution in [0.15, 0.2) is 24.3 Å². The van der Waals surface area contributed by atoms with Gasteiger partial charge in [0.15, 0.2) is 0 Å². The van der Waals surface area contributed by atoms with E-state index in [4.69, 9.17) is 0 Å². The quantitative estimate of drug-likeness (QED) is 0.688. The van der Waals surface area contributed by atoms with E-state index in [0.717, 1.165) is 12.0 Å². The third-order valence-corrected chi connectivity index (χ3v) is 3.27. The first-order chi connectivity index (χ1) is 6.43. The van der Waals surface area contributed by atoms with Crippen LogP contribution in [0, 0.1) is 5.92 Å². The van der Waals surface area contributed by atoms with Gasteiger partial charge in [-0.2, -0.15) is 0 Å². The summed E-state index contributed by atoms with van der Waals surface area (Å²) in [5.41, 5.74) is 2.88. The maximum atomic E-state index is 3.66. The lowest BCUT2D eigenvalue weighted by Gasteiger charge is -2.26. The second-order valence-corrected chi connectivity index (χ2v) is 4.28. The summed E-state index contributed by atoms with van der Waals surface area (Å²) in [5.74, 6) is 0.980. The van der Waals surface area contributed by atoms with Crippen LogP contribution in [-0.4, -0.2) is 6.04 Å². The van der Waals surface area contributed by atoms with Crippen LogP contribution in [0.5, 0.6) is 0 Å². The van der Waals surface area contributed by atoms with E-state index < -0.39 is 0 Å². The monoisotopic (exact) mass is 173 g/mol. The molecule has 0 amide bonds. The SMILES string of the molecule is c1ccc2c(c1)CCC(C1CC1)N2. The Morgan fingerprint density at radius 3 is 2.77 bits per heavy atom. The first-order valence-electron chi connectivity index (χ1n) is 5.28. The highest BCUT2D eigenvalue weighted by molar-refractivity contribution is 5.54. The first-order valence-corrected chi connectivity index (χ1v) is 5.28. The molecule has 1 heterocycles. The molecule has 1 atom stereocenters. The summed E-state index contributed by atoms with van der Waals surface area (Å²) in [6, 6.07) is 9.49. The zero-order chi connectivity index (χ0) is 8.67. The van der Waals surface area contributed by atoms with Crippen molar-refractivity contribution < 1.29 is 0 Å². The molecule has 1 aliphatic heterocycles. The molecule has 1 aliphatic carbocycles. The maximum Gasteiger partial charge on any atom is 0.0374 e. The number of anilines is 1. The summed E-state index contributed by atoms with van der Waals surface area (Å²) in [4.78, 5) is 0. The van der Waals surface area contributed by atoms with Crippen molar-refractivity contribution in [3.63, 3.8) is 0 Å². The van der Waals surface area contributed by atoms with Crippen molar-refractivity contribution in [3.05, 3.63) is 29.8 Å². The fourth-order valence-electron chi connectivity index (χ4n) is 2.31. The lowest BCUT2D eigenvalue weighted by atomic mass is 9.95. The van der Waals surface area contributed by atoms with Crippen LogP contribution in [0.25, 0.3) is 0 Å². The van der Waals surface area contributed by atoms with Crippen LogP contribution in [0.3, 0.4) is 0 Å². The minimum atomic E-state index is 0.773. The summed E-state index contributed by atoms with van der Waals surface area (Å²) in [6.07, 6.45) is 5.49. The minimum absolute atomic E-state index is 0.773. The molecule has 0 bridgehead atoms. The van der Waals surface area contributed by atoms with Gasteiger partial charge in [-0.3, -0.25) is 0 Å². The molecule has 1 N–H and O–H groups in total. The molecule has 1 aromatic carbocycles. The number of nitrogens with one attached hydrogen (secondary N) is 1. The smallest absolute Gasteiger partial charge is 0.0374 e. The Kier molecular flexibility index (Phi) is 1.58. The second kappa shape index (κ2) is 2.76. The lowest BCUT2D eigenvalue weighted by Crippen LogP contribution is -2.27. The summed E-state index contributed by atoms with van der Waals surface area (Å²) < 4.78 is 0. The Morgan fingerprint density at radius 2 is 1.92 bits per heavy atom. The van der Waals surface area contributed by atoms with Crippen molar-refractivity contribution in [2.45, 2.75) is 31.7 Å². The fourth-order valence-corrected chi connectivity index (χ4v) is 2.31. The van der Waals surface area contributed by atoms with E-state index >= 15 is 0 Å². The van der Waals surface area contributed by atoms with Gasteiger partial charge in [-0.15, -0.1) is 0 Å². The van der Waals surface area contributed by atoms with Gasteiger partial charge in [0.2, 0.25) is 0 Å². The molecule has 1 saturated carbocycles. The molecule has 68 valence electrons. The first kappa shape index (κ1) is 7.43. The van der Waals surface area contributed by atoms with Crippen molar-refractivity contribution in [2.24, 2.45) is 5.92 Å². The molecule has 13 heavy (non-hydrogen) atoms. The molecule has 2 aliphatic rings. The van der Waals surface area contributed by atoms with E-state index in [1.54, 1.807) is 0 Å². The Bertz CT molecular complexity index is 315. The van der Waals surface area contributed by atoms with Crippen molar-refractivity contribution in [3.8, 4) is 0 Å². The summed E-state index contributed by atoms with van der Waals surface area (Å²) >= 11 is 0. The Labute approximate surface area is 79.2 Å². The molecule has 0 aromatic heterocycles. The average molecular weight is 173 g/mol. The molecule has 3 rings (SSSR count). The van der Waals surface area contributed by atoms with E-state index in [0.29, 0.717) is 0 Å². The van der Waals surface area contributed by atoms with Crippen molar-refractivity contribution in [1.82, 2.24) is 0 Å². The molecular weight excluding hydrogens is 158 g/mol. The number of hydrogen-bond donors (Lipinski definition) is 1. The van der Waals surface area contributed by atoms with E-state index in [2.05, 4.69) is 29.6 Å². The summed E-state index contributed by atoms with van der Waals surface area (Å²) in [5, 5.41) is 3.66. The Morgan fingerprint density at radius 1 is 1.08 bits per heavy atom. The van der Waals surface area contributed by atoms with Crippen LogP contribution < -0.4 is 5.32 Å². The van der Waals surface area contributed by atoms with Crippen molar-refractivity contribution in [2.75, 3.05) is 5.32 Å². The van der Waals surface area contributed by atoms with Gasteiger partial charge >= 0.3 is 0 Å². The lowest BCUT2D eigenvalue weighted by molar-refractivity contribution is 0.570. The van der Waals surface area contributed by atoms with Gasteiger partial charge in [-0.25, -0.2) is 0 Å². The minimum Gasteiger partial charge on any atom is -0.382 e. The molecule has 1 heteroatoms. The third kappa shape index (κ3) is 1.32. The molecule has 1 fully saturated rings. The van der Waals surface area contributed by atoms with Gasteiger partial charge in [-0.1, -0.05) is 18.2 Å². The fraction of sp³-hybridized carbons (Fsp3) is 0.500. The number of aryl methyl sites for hydroxylation is 1. The number of fused-ring (bicyclic) bond motifs is 1. The van der Waals surface area contributed by atoms with Crippen LogP contribution in [0.4, 0.5) is 5.69 Å². The van der Waals surface area contributed by atoms with E-state index in [-0.39, 0.29) is 0 Å². The number of para-hydroxylation sites is 1. The molecule has 0 saturated heterocycles. The van der Waals surface area contributed by atoms with Crippen LogP contribution in [-0.2, 0) is 6.42 Å². The van der Waals surface area contributed by atoms with Crippen LogP contribution in [0.1, 0.15) is 24.8 Å². The van der Waals surface area contributed by atoms with Gasteiger partial charge in [-0.05, 0) is 43.2 Å². The molecule has 1 aromatic rings. The molecular formula is C12H15N. The van der Waals surface area contributed by atoms with E-state index in [1.165, 1.54) is 36.9 Å². The largest absolute Gasteiger partial charge is 0.382 e.